The molecule has 0 atom stereocenters. The molecule has 0 aliphatic rings. The molecule has 0 fully saturated rings. The maximum atomic E-state index is 8.67. The first-order valence-electron chi connectivity index (χ1n) is 6.28. The van der Waals surface area contributed by atoms with Crippen molar-refractivity contribution in [3.8, 4) is 0 Å². The highest BCUT2D eigenvalue weighted by atomic mass is 32.2. The first-order valence-corrected chi connectivity index (χ1v) is 7.43. The van der Waals surface area contributed by atoms with Gasteiger partial charge in [-0.15, -0.1) is 0 Å². The van der Waals surface area contributed by atoms with Gasteiger partial charge in [-0.25, -0.2) is 4.98 Å². The van der Waals surface area contributed by atoms with E-state index in [-0.39, 0.29) is 6.61 Å². The molecule has 0 spiro atoms. The standard InChI is InChI=1S/C12H22N4OS/c1-3-13-12-15-9-10(2)11(16-12)14-5-8-18-7-4-6-17/h9,17H,3-8H2,1-2H3,(H2,13,14,15,16). The van der Waals surface area contributed by atoms with Crippen molar-refractivity contribution in [1.29, 1.82) is 0 Å². The van der Waals surface area contributed by atoms with E-state index >= 15 is 0 Å². The van der Waals surface area contributed by atoms with Gasteiger partial charge in [0.2, 0.25) is 5.95 Å². The molecule has 0 radical (unpaired) electrons. The molecule has 0 amide bonds. The normalized spacial score (nSPS) is 10.4. The maximum Gasteiger partial charge on any atom is 0.224 e. The van der Waals surface area contributed by atoms with Crippen molar-refractivity contribution in [2.75, 3.05) is 41.8 Å². The molecule has 102 valence electrons. The van der Waals surface area contributed by atoms with E-state index in [0.29, 0.717) is 5.95 Å². The van der Waals surface area contributed by atoms with Gasteiger partial charge < -0.3 is 15.7 Å². The molecule has 18 heavy (non-hydrogen) atoms. The Morgan fingerprint density at radius 2 is 2.17 bits per heavy atom. The van der Waals surface area contributed by atoms with Crippen LogP contribution in [0.5, 0.6) is 0 Å². The summed E-state index contributed by atoms with van der Waals surface area (Å²) in [7, 11) is 0. The van der Waals surface area contributed by atoms with Gasteiger partial charge in [-0.3, -0.25) is 0 Å². The molecular weight excluding hydrogens is 248 g/mol. The molecule has 0 aromatic carbocycles. The molecule has 0 bridgehead atoms. The SMILES string of the molecule is CCNc1ncc(C)c(NCCSCCCO)n1. The fourth-order valence-corrected chi connectivity index (χ4v) is 2.16. The van der Waals surface area contributed by atoms with Crippen molar-refractivity contribution in [3.05, 3.63) is 11.8 Å². The number of rotatable bonds is 9. The summed E-state index contributed by atoms with van der Waals surface area (Å²) >= 11 is 1.84. The third-order valence-corrected chi connectivity index (χ3v) is 3.36. The molecule has 3 N–H and O–H groups in total. The fraction of sp³-hybridized carbons (Fsp3) is 0.667. The third kappa shape index (κ3) is 5.55. The van der Waals surface area contributed by atoms with E-state index in [1.807, 2.05) is 31.8 Å². The van der Waals surface area contributed by atoms with Crippen LogP contribution in [-0.4, -0.2) is 46.3 Å². The molecule has 0 unspecified atom stereocenters. The van der Waals surface area contributed by atoms with Crippen LogP contribution in [0, 0.1) is 6.92 Å². The molecular formula is C12H22N4OS. The predicted molar refractivity (Wildman–Crippen MR) is 78.5 cm³/mol. The largest absolute Gasteiger partial charge is 0.396 e. The van der Waals surface area contributed by atoms with Gasteiger partial charge in [-0.05, 0) is 26.0 Å². The van der Waals surface area contributed by atoms with Crippen molar-refractivity contribution in [3.63, 3.8) is 0 Å². The number of hydrogen-bond donors (Lipinski definition) is 3. The summed E-state index contributed by atoms with van der Waals surface area (Å²) < 4.78 is 0. The van der Waals surface area contributed by atoms with E-state index in [0.717, 1.165) is 42.4 Å². The van der Waals surface area contributed by atoms with Gasteiger partial charge in [0.05, 0.1) is 0 Å². The lowest BCUT2D eigenvalue weighted by atomic mass is 10.3. The Kier molecular flexibility index (Phi) is 7.52. The summed E-state index contributed by atoms with van der Waals surface area (Å²) in [6.45, 7) is 5.99. The first kappa shape index (κ1) is 15.0. The van der Waals surface area contributed by atoms with Gasteiger partial charge in [0.15, 0.2) is 0 Å². The summed E-state index contributed by atoms with van der Waals surface area (Å²) in [5.41, 5.74) is 1.05. The number of aryl methyl sites for hydroxylation is 1. The predicted octanol–water partition coefficient (Wildman–Crippen LogP) is 1.74. The van der Waals surface area contributed by atoms with E-state index in [4.69, 9.17) is 5.11 Å². The van der Waals surface area contributed by atoms with Crippen LogP contribution in [0.25, 0.3) is 0 Å². The van der Waals surface area contributed by atoms with Crippen LogP contribution in [-0.2, 0) is 0 Å². The maximum absolute atomic E-state index is 8.67. The summed E-state index contributed by atoms with van der Waals surface area (Å²) in [5, 5.41) is 15.1. The zero-order chi connectivity index (χ0) is 13.2. The molecule has 0 aliphatic heterocycles. The summed E-state index contributed by atoms with van der Waals surface area (Å²) in [4.78, 5) is 8.62. The molecule has 0 saturated carbocycles. The van der Waals surface area contributed by atoms with Crippen molar-refractivity contribution >= 4 is 23.5 Å². The number of nitrogens with one attached hydrogen (secondary N) is 2. The molecule has 1 aromatic rings. The molecule has 0 saturated heterocycles. The number of anilines is 2. The number of aliphatic hydroxyl groups excluding tert-OH is 1. The summed E-state index contributed by atoms with van der Waals surface area (Å²) in [6, 6.07) is 0. The van der Waals surface area contributed by atoms with Crippen molar-refractivity contribution in [1.82, 2.24) is 9.97 Å². The van der Waals surface area contributed by atoms with Gasteiger partial charge >= 0.3 is 0 Å². The Bertz CT molecular complexity index is 349. The Morgan fingerprint density at radius 1 is 1.33 bits per heavy atom. The van der Waals surface area contributed by atoms with E-state index < -0.39 is 0 Å². The van der Waals surface area contributed by atoms with Gasteiger partial charge in [-0.1, -0.05) is 0 Å². The third-order valence-electron chi connectivity index (χ3n) is 2.29. The highest BCUT2D eigenvalue weighted by molar-refractivity contribution is 7.99. The lowest BCUT2D eigenvalue weighted by molar-refractivity contribution is 0.296. The summed E-state index contributed by atoms with van der Waals surface area (Å²) in [6.07, 6.45) is 2.69. The molecule has 1 rings (SSSR count). The zero-order valence-corrected chi connectivity index (χ0v) is 11.9. The Hall–Kier alpha value is -1.01. The van der Waals surface area contributed by atoms with E-state index in [9.17, 15) is 0 Å². The Balaban J connectivity index is 2.34. The number of aromatic nitrogens is 2. The van der Waals surface area contributed by atoms with Crippen LogP contribution in [0.2, 0.25) is 0 Å². The van der Waals surface area contributed by atoms with Gasteiger partial charge in [0.25, 0.3) is 0 Å². The van der Waals surface area contributed by atoms with Crippen LogP contribution in [0.15, 0.2) is 6.20 Å². The molecule has 1 aromatic heterocycles. The minimum atomic E-state index is 0.275. The van der Waals surface area contributed by atoms with Crippen LogP contribution in [0.4, 0.5) is 11.8 Å². The zero-order valence-electron chi connectivity index (χ0n) is 11.1. The highest BCUT2D eigenvalue weighted by Crippen LogP contribution is 2.12. The first-order chi connectivity index (χ1) is 8.77. The number of nitrogens with zero attached hydrogens (tertiary/aromatic N) is 2. The second-order valence-corrected chi connectivity index (χ2v) is 5.10. The van der Waals surface area contributed by atoms with E-state index in [1.54, 1.807) is 0 Å². The van der Waals surface area contributed by atoms with Crippen molar-refractivity contribution < 1.29 is 5.11 Å². The Labute approximate surface area is 113 Å². The lowest BCUT2D eigenvalue weighted by Crippen LogP contribution is -2.10. The number of hydrogen-bond acceptors (Lipinski definition) is 6. The average Bonchev–Trinajstić information content (AvgIpc) is 2.37. The van der Waals surface area contributed by atoms with Crippen LogP contribution in [0.1, 0.15) is 18.9 Å². The number of aliphatic hydroxyl groups is 1. The quantitative estimate of drug-likeness (QED) is 0.594. The minimum Gasteiger partial charge on any atom is -0.396 e. The smallest absolute Gasteiger partial charge is 0.224 e. The second kappa shape index (κ2) is 8.99. The van der Waals surface area contributed by atoms with Crippen LogP contribution >= 0.6 is 11.8 Å². The topological polar surface area (TPSA) is 70.1 Å². The summed E-state index contributed by atoms with van der Waals surface area (Å²) in [5.74, 6) is 3.58. The van der Waals surface area contributed by atoms with Gasteiger partial charge in [-0.2, -0.15) is 16.7 Å². The molecule has 0 aliphatic carbocycles. The second-order valence-electron chi connectivity index (χ2n) is 3.87. The lowest BCUT2D eigenvalue weighted by Gasteiger charge is -2.10. The number of thioether (sulfide) groups is 1. The van der Waals surface area contributed by atoms with Crippen LogP contribution < -0.4 is 10.6 Å². The van der Waals surface area contributed by atoms with Crippen molar-refractivity contribution in [2.45, 2.75) is 20.3 Å². The molecule has 1 heterocycles. The Morgan fingerprint density at radius 3 is 2.89 bits per heavy atom. The van der Waals surface area contributed by atoms with Crippen LogP contribution in [0.3, 0.4) is 0 Å². The molecule has 5 nitrogen and oxygen atoms in total. The minimum absolute atomic E-state index is 0.275. The molecule has 6 heteroatoms. The van der Waals surface area contributed by atoms with Crippen molar-refractivity contribution in [2.24, 2.45) is 0 Å². The van der Waals surface area contributed by atoms with Gasteiger partial charge in [0, 0.05) is 37.2 Å². The van der Waals surface area contributed by atoms with Gasteiger partial charge in [0.1, 0.15) is 5.82 Å². The monoisotopic (exact) mass is 270 g/mol. The van der Waals surface area contributed by atoms with E-state index in [2.05, 4.69) is 20.6 Å². The van der Waals surface area contributed by atoms with E-state index in [1.165, 1.54) is 0 Å². The average molecular weight is 270 g/mol. The highest BCUT2D eigenvalue weighted by Gasteiger charge is 2.02. The fourth-order valence-electron chi connectivity index (χ4n) is 1.37.